The van der Waals surface area contributed by atoms with E-state index in [0.717, 1.165) is 22.4 Å². The Morgan fingerprint density at radius 3 is 2.58 bits per heavy atom. The van der Waals surface area contributed by atoms with Crippen LogP contribution in [0.25, 0.3) is 0 Å². The number of benzene rings is 2. The van der Waals surface area contributed by atoms with Crippen LogP contribution in [-0.2, 0) is 21.5 Å². The van der Waals surface area contributed by atoms with E-state index in [0.29, 0.717) is 29.8 Å². The van der Waals surface area contributed by atoms with Crippen LogP contribution < -0.4 is 10.2 Å². The van der Waals surface area contributed by atoms with E-state index in [1.165, 1.54) is 0 Å². The van der Waals surface area contributed by atoms with Crippen LogP contribution in [0.5, 0.6) is 0 Å². The summed E-state index contributed by atoms with van der Waals surface area (Å²) in [5.41, 5.74) is 2.48. The maximum Gasteiger partial charge on any atom is 0.242 e. The first-order valence-corrected chi connectivity index (χ1v) is 10.8. The summed E-state index contributed by atoms with van der Waals surface area (Å²) in [5.74, 6) is 0.655. The number of carbonyl (C=O) groups is 2. The molecule has 1 atom stereocenters. The molecule has 0 bridgehead atoms. The van der Waals surface area contributed by atoms with Gasteiger partial charge < -0.3 is 10.2 Å². The molecule has 1 spiro atoms. The van der Waals surface area contributed by atoms with Crippen molar-refractivity contribution >= 4 is 34.9 Å². The molecule has 0 saturated heterocycles. The number of rotatable bonds is 4. The molecular formula is C24H23ClN4O2. The summed E-state index contributed by atoms with van der Waals surface area (Å²) in [6.45, 7) is 5.25. The standard InChI is InChI=1S/C24H23ClN4O2/c1-15(2)13-28-20-6-4-3-5-18(20)24(23(28)31)11-21(30)27-22-19(24)12-26-29(22)14-16-7-9-17(25)10-8-16/h3-10,12,15H,11,13-14H2,1-2H3,(H,27,30). The average molecular weight is 435 g/mol. The number of nitrogens with one attached hydrogen (secondary N) is 1. The van der Waals surface area contributed by atoms with Crippen LogP contribution in [0.4, 0.5) is 11.5 Å². The quantitative estimate of drug-likeness (QED) is 0.668. The number of carbonyl (C=O) groups excluding carboxylic acids is 2. The van der Waals surface area contributed by atoms with Crippen LogP contribution in [0.2, 0.25) is 5.02 Å². The third-order valence-corrected chi connectivity index (χ3v) is 6.29. The van der Waals surface area contributed by atoms with Gasteiger partial charge in [-0.1, -0.05) is 55.8 Å². The van der Waals surface area contributed by atoms with Gasteiger partial charge in [-0.05, 0) is 35.2 Å². The fourth-order valence-electron chi connectivity index (χ4n) is 4.73. The lowest BCUT2D eigenvalue weighted by atomic mass is 9.72. The zero-order valence-corrected chi connectivity index (χ0v) is 18.2. The summed E-state index contributed by atoms with van der Waals surface area (Å²) < 4.78 is 1.75. The predicted octanol–water partition coefficient (Wildman–Crippen LogP) is 4.22. The molecule has 2 aromatic carbocycles. The molecule has 7 heteroatoms. The second kappa shape index (κ2) is 7.24. The van der Waals surface area contributed by atoms with Gasteiger partial charge in [0.25, 0.3) is 0 Å². The summed E-state index contributed by atoms with van der Waals surface area (Å²) in [5, 5.41) is 8.19. The number of halogens is 1. The number of hydrogen-bond acceptors (Lipinski definition) is 3. The Bertz CT molecular complexity index is 1180. The van der Waals surface area contributed by atoms with Crippen molar-refractivity contribution in [3.8, 4) is 0 Å². The Labute approximate surface area is 185 Å². The summed E-state index contributed by atoms with van der Waals surface area (Å²) in [6.07, 6.45) is 1.81. The topological polar surface area (TPSA) is 67.2 Å². The molecule has 1 N–H and O–H groups in total. The largest absolute Gasteiger partial charge is 0.311 e. The number of fused-ring (bicyclic) bond motifs is 4. The highest BCUT2D eigenvalue weighted by atomic mass is 35.5. The van der Waals surface area contributed by atoms with E-state index < -0.39 is 5.41 Å². The molecule has 158 valence electrons. The molecule has 1 unspecified atom stereocenters. The molecule has 5 rings (SSSR count). The van der Waals surface area contributed by atoms with Gasteiger partial charge in [0.1, 0.15) is 11.2 Å². The van der Waals surface area contributed by atoms with Gasteiger partial charge in [-0.15, -0.1) is 0 Å². The Balaban J connectivity index is 1.64. The number of hydrogen-bond donors (Lipinski definition) is 1. The second-order valence-electron chi connectivity index (χ2n) is 8.65. The number of para-hydroxylation sites is 1. The van der Waals surface area contributed by atoms with Gasteiger partial charge in [-0.2, -0.15) is 5.10 Å². The van der Waals surface area contributed by atoms with E-state index in [1.54, 1.807) is 10.9 Å². The SMILES string of the molecule is CC(C)CN1C(=O)C2(CC(=O)Nc3c2cnn3Cc2ccc(Cl)cc2)c2ccccc21. The smallest absolute Gasteiger partial charge is 0.242 e. The van der Waals surface area contributed by atoms with Crippen molar-refractivity contribution in [3.63, 3.8) is 0 Å². The van der Waals surface area contributed by atoms with Crippen LogP contribution in [0.15, 0.2) is 54.7 Å². The number of nitrogens with zero attached hydrogens (tertiary/aromatic N) is 3. The van der Waals surface area contributed by atoms with Crippen molar-refractivity contribution in [2.75, 3.05) is 16.8 Å². The van der Waals surface area contributed by atoms with Gasteiger partial charge in [0, 0.05) is 29.2 Å². The van der Waals surface area contributed by atoms with Gasteiger partial charge in [0.2, 0.25) is 11.8 Å². The summed E-state index contributed by atoms with van der Waals surface area (Å²) in [6, 6.07) is 15.3. The van der Waals surface area contributed by atoms with E-state index in [4.69, 9.17) is 11.6 Å². The first kappa shape index (κ1) is 19.8. The van der Waals surface area contributed by atoms with Crippen molar-refractivity contribution < 1.29 is 9.59 Å². The van der Waals surface area contributed by atoms with E-state index >= 15 is 0 Å². The van der Waals surface area contributed by atoms with Crippen molar-refractivity contribution in [1.29, 1.82) is 0 Å². The zero-order chi connectivity index (χ0) is 21.8. The molecule has 0 radical (unpaired) electrons. The predicted molar refractivity (Wildman–Crippen MR) is 120 cm³/mol. The summed E-state index contributed by atoms with van der Waals surface area (Å²) in [7, 11) is 0. The fraction of sp³-hybridized carbons (Fsp3) is 0.292. The molecule has 31 heavy (non-hydrogen) atoms. The van der Waals surface area contributed by atoms with Crippen molar-refractivity contribution in [1.82, 2.24) is 9.78 Å². The highest BCUT2D eigenvalue weighted by molar-refractivity contribution is 6.30. The molecule has 2 aliphatic heterocycles. The number of aromatic nitrogens is 2. The maximum absolute atomic E-state index is 13.9. The Kier molecular flexibility index (Phi) is 4.63. The van der Waals surface area contributed by atoms with E-state index in [9.17, 15) is 9.59 Å². The molecule has 0 saturated carbocycles. The molecule has 2 aliphatic rings. The molecule has 0 fully saturated rings. The highest BCUT2D eigenvalue weighted by Gasteiger charge is 2.56. The highest BCUT2D eigenvalue weighted by Crippen LogP contribution is 2.52. The Morgan fingerprint density at radius 2 is 1.84 bits per heavy atom. The Morgan fingerprint density at radius 1 is 1.10 bits per heavy atom. The molecule has 2 amide bonds. The minimum atomic E-state index is -1.04. The molecule has 6 nitrogen and oxygen atoms in total. The first-order valence-electron chi connectivity index (χ1n) is 10.4. The molecule has 0 aliphatic carbocycles. The normalized spacial score (nSPS) is 19.7. The van der Waals surface area contributed by atoms with Crippen molar-refractivity contribution in [2.24, 2.45) is 5.92 Å². The van der Waals surface area contributed by atoms with E-state index in [2.05, 4.69) is 24.3 Å². The van der Waals surface area contributed by atoms with E-state index in [1.807, 2.05) is 53.4 Å². The second-order valence-corrected chi connectivity index (χ2v) is 9.08. The van der Waals surface area contributed by atoms with Crippen LogP contribution in [0.1, 0.15) is 37.0 Å². The molecule has 3 heterocycles. The maximum atomic E-state index is 13.9. The van der Waals surface area contributed by atoms with Gasteiger partial charge in [-0.25, -0.2) is 4.68 Å². The van der Waals surface area contributed by atoms with Crippen molar-refractivity contribution in [2.45, 2.75) is 32.2 Å². The third kappa shape index (κ3) is 3.05. The fourth-order valence-corrected chi connectivity index (χ4v) is 4.85. The number of amides is 2. The minimum Gasteiger partial charge on any atom is -0.311 e. The lowest BCUT2D eigenvalue weighted by Crippen LogP contribution is -2.47. The third-order valence-electron chi connectivity index (χ3n) is 6.04. The Hall–Kier alpha value is -3.12. The number of anilines is 2. The van der Waals surface area contributed by atoms with Gasteiger partial charge in [0.15, 0.2) is 0 Å². The van der Waals surface area contributed by atoms with Crippen LogP contribution in [0.3, 0.4) is 0 Å². The average Bonchev–Trinajstić information content (AvgIpc) is 3.23. The minimum absolute atomic E-state index is 0.0513. The van der Waals surface area contributed by atoms with Gasteiger partial charge in [0.05, 0.1) is 12.7 Å². The van der Waals surface area contributed by atoms with Crippen LogP contribution in [0, 0.1) is 5.92 Å². The summed E-state index contributed by atoms with van der Waals surface area (Å²) >= 11 is 6.00. The first-order chi connectivity index (χ1) is 14.9. The zero-order valence-electron chi connectivity index (χ0n) is 17.4. The van der Waals surface area contributed by atoms with Gasteiger partial charge in [-0.3, -0.25) is 9.59 Å². The lowest BCUT2D eigenvalue weighted by Gasteiger charge is -2.32. The monoisotopic (exact) mass is 434 g/mol. The molecule has 1 aromatic heterocycles. The molecule has 3 aromatic rings. The van der Waals surface area contributed by atoms with Crippen LogP contribution in [-0.4, -0.2) is 28.1 Å². The molecular weight excluding hydrogens is 412 g/mol. The van der Waals surface area contributed by atoms with Crippen molar-refractivity contribution in [3.05, 3.63) is 76.4 Å². The lowest BCUT2D eigenvalue weighted by molar-refractivity contribution is -0.126. The van der Waals surface area contributed by atoms with E-state index in [-0.39, 0.29) is 18.2 Å². The summed E-state index contributed by atoms with van der Waals surface area (Å²) in [4.78, 5) is 28.6. The van der Waals surface area contributed by atoms with Crippen LogP contribution >= 0.6 is 11.6 Å². The van der Waals surface area contributed by atoms with Gasteiger partial charge >= 0.3 is 0 Å².